The summed E-state index contributed by atoms with van der Waals surface area (Å²) < 4.78 is 14.7. The first kappa shape index (κ1) is 18.2. The average molecular weight is 402 g/mol. The van der Waals surface area contributed by atoms with Gasteiger partial charge in [0.25, 0.3) is 0 Å². The Morgan fingerprint density at radius 1 is 1.03 bits per heavy atom. The van der Waals surface area contributed by atoms with E-state index in [0.29, 0.717) is 22.6 Å². The summed E-state index contributed by atoms with van der Waals surface area (Å²) in [6, 6.07) is 19.1. The Kier molecular flexibility index (Phi) is 4.30. The minimum atomic E-state index is -0.654. The van der Waals surface area contributed by atoms with Gasteiger partial charge in [-0.05, 0) is 41.8 Å². The first-order valence-electron chi connectivity index (χ1n) is 9.62. The molecule has 1 aliphatic carbocycles. The van der Waals surface area contributed by atoms with Crippen molar-refractivity contribution >= 4 is 21.7 Å². The molecule has 0 radical (unpaired) electrons. The van der Waals surface area contributed by atoms with Crippen LogP contribution in [0.2, 0.25) is 0 Å². The van der Waals surface area contributed by atoms with Crippen LogP contribution in [-0.2, 0) is 5.41 Å². The number of hydrogen-bond acceptors (Lipinski definition) is 4. The van der Waals surface area contributed by atoms with Crippen molar-refractivity contribution < 1.29 is 9.50 Å². The number of aliphatic hydroxyl groups is 1. The van der Waals surface area contributed by atoms with Crippen molar-refractivity contribution in [1.29, 1.82) is 0 Å². The maximum Gasteiger partial charge on any atom is 0.144 e. The van der Waals surface area contributed by atoms with Gasteiger partial charge in [0.1, 0.15) is 21.2 Å². The first-order valence-corrected chi connectivity index (χ1v) is 10.4. The summed E-state index contributed by atoms with van der Waals surface area (Å²) in [7, 11) is 0. The molecule has 0 bridgehead atoms. The summed E-state index contributed by atoms with van der Waals surface area (Å²) in [5, 5.41) is 10.5. The standard InChI is InChI=1S/C24H19FN2OS/c1-2-20(28)15-8-9-17(18(25)14-15)22-26-19-10-11-21(27-23(19)29-22)24(12-13-24)16-6-4-3-5-7-16/h3-14,20,28H,2H2,1H3. The van der Waals surface area contributed by atoms with Crippen LogP contribution in [0, 0.1) is 5.82 Å². The Labute approximate surface area is 172 Å². The third-order valence-corrected chi connectivity index (χ3v) is 6.42. The summed E-state index contributed by atoms with van der Waals surface area (Å²) >= 11 is 1.39. The lowest BCUT2D eigenvalue weighted by Crippen LogP contribution is -2.12. The van der Waals surface area contributed by atoms with Crippen LogP contribution < -0.4 is 0 Å². The van der Waals surface area contributed by atoms with Crippen LogP contribution in [0.3, 0.4) is 0 Å². The molecule has 3 nitrogen and oxygen atoms in total. The van der Waals surface area contributed by atoms with Gasteiger partial charge in [-0.15, -0.1) is 0 Å². The number of aliphatic hydroxyl groups excluding tert-OH is 1. The van der Waals surface area contributed by atoms with Gasteiger partial charge in [0.05, 0.1) is 17.2 Å². The van der Waals surface area contributed by atoms with Crippen molar-refractivity contribution in [3.8, 4) is 10.6 Å². The number of thiazole rings is 1. The number of allylic oxidation sites excluding steroid dienone is 2. The highest BCUT2D eigenvalue weighted by atomic mass is 32.1. The van der Waals surface area contributed by atoms with Crippen LogP contribution in [-0.4, -0.2) is 15.1 Å². The number of nitrogens with zero attached hydrogens (tertiary/aromatic N) is 2. The third kappa shape index (κ3) is 3.07. The van der Waals surface area contributed by atoms with Gasteiger partial charge in [0.15, 0.2) is 0 Å². The van der Waals surface area contributed by atoms with E-state index in [1.54, 1.807) is 12.1 Å². The molecule has 0 amide bonds. The fourth-order valence-electron chi connectivity index (χ4n) is 3.62. The third-order valence-electron chi connectivity index (χ3n) is 5.43. The van der Waals surface area contributed by atoms with E-state index in [4.69, 9.17) is 4.98 Å². The lowest BCUT2D eigenvalue weighted by atomic mass is 9.89. The molecule has 1 atom stereocenters. The van der Waals surface area contributed by atoms with E-state index in [0.717, 1.165) is 16.0 Å². The van der Waals surface area contributed by atoms with Crippen molar-refractivity contribution in [2.45, 2.75) is 24.9 Å². The van der Waals surface area contributed by atoms with Crippen LogP contribution in [0.25, 0.3) is 20.9 Å². The smallest absolute Gasteiger partial charge is 0.144 e. The normalized spacial score (nSPS) is 15.6. The SMILES string of the molecule is CCC(O)c1ccc(-c2nc3ccc(C4(c5ccccc5)C=C4)nc3s2)c(F)c1. The second-order valence-electron chi connectivity index (χ2n) is 7.27. The molecule has 144 valence electrons. The lowest BCUT2D eigenvalue weighted by Gasteiger charge is -2.15. The van der Waals surface area contributed by atoms with E-state index in [2.05, 4.69) is 29.3 Å². The van der Waals surface area contributed by atoms with Crippen molar-refractivity contribution in [2.75, 3.05) is 0 Å². The number of aromatic nitrogens is 2. The molecule has 0 aliphatic heterocycles. The monoisotopic (exact) mass is 402 g/mol. The van der Waals surface area contributed by atoms with Crippen LogP contribution in [0.1, 0.15) is 36.3 Å². The van der Waals surface area contributed by atoms with Gasteiger partial charge in [0.2, 0.25) is 0 Å². The molecule has 0 saturated heterocycles. The Hall–Kier alpha value is -2.89. The summed E-state index contributed by atoms with van der Waals surface area (Å²) in [6.45, 7) is 1.87. The van der Waals surface area contributed by atoms with Crippen molar-refractivity contribution in [1.82, 2.24) is 9.97 Å². The molecule has 1 unspecified atom stereocenters. The molecule has 1 aliphatic rings. The highest BCUT2D eigenvalue weighted by Gasteiger charge is 2.39. The molecule has 0 saturated carbocycles. The van der Waals surface area contributed by atoms with Crippen LogP contribution in [0.4, 0.5) is 4.39 Å². The molecule has 4 aromatic rings. The summed E-state index contributed by atoms with van der Waals surface area (Å²) in [5.74, 6) is -0.376. The van der Waals surface area contributed by atoms with E-state index < -0.39 is 6.10 Å². The predicted molar refractivity (Wildman–Crippen MR) is 114 cm³/mol. The second kappa shape index (κ2) is 6.87. The predicted octanol–water partition coefficient (Wildman–Crippen LogP) is 5.80. The van der Waals surface area contributed by atoms with Crippen LogP contribution in [0.5, 0.6) is 0 Å². The largest absolute Gasteiger partial charge is 0.388 e. The Morgan fingerprint density at radius 2 is 1.83 bits per heavy atom. The zero-order chi connectivity index (χ0) is 20.0. The summed E-state index contributed by atoms with van der Waals surface area (Å²) in [6.07, 6.45) is 4.19. The zero-order valence-electron chi connectivity index (χ0n) is 15.8. The van der Waals surface area contributed by atoms with Gasteiger partial charge >= 0.3 is 0 Å². The molecule has 2 aromatic heterocycles. The molecule has 0 spiro atoms. The van der Waals surface area contributed by atoms with Crippen LogP contribution in [0.15, 0.2) is 72.8 Å². The van der Waals surface area contributed by atoms with E-state index in [1.165, 1.54) is 23.0 Å². The summed E-state index contributed by atoms with van der Waals surface area (Å²) in [4.78, 5) is 10.2. The van der Waals surface area contributed by atoms with Crippen LogP contribution >= 0.6 is 11.3 Å². The fraction of sp³-hybridized carbons (Fsp3) is 0.167. The van der Waals surface area contributed by atoms with Crippen molar-refractivity contribution in [3.63, 3.8) is 0 Å². The molecule has 29 heavy (non-hydrogen) atoms. The molecule has 5 rings (SSSR count). The number of halogens is 1. The average Bonchev–Trinajstić information content (AvgIpc) is 3.46. The summed E-state index contributed by atoms with van der Waals surface area (Å²) in [5.41, 5.74) is 3.67. The highest BCUT2D eigenvalue weighted by molar-refractivity contribution is 7.21. The van der Waals surface area contributed by atoms with Gasteiger partial charge in [-0.3, -0.25) is 0 Å². The molecule has 2 aromatic carbocycles. The highest BCUT2D eigenvalue weighted by Crippen LogP contribution is 2.45. The van der Waals surface area contributed by atoms with E-state index in [9.17, 15) is 9.50 Å². The first-order chi connectivity index (χ1) is 14.1. The van der Waals surface area contributed by atoms with Gasteiger partial charge in [0, 0.05) is 5.56 Å². The van der Waals surface area contributed by atoms with Gasteiger partial charge in [-0.2, -0.15) is 0 Å². The van der Waals surface area contributed by atoms with E-state index in [-0.39, 0.29) is 11.2 Å². The second-order valence-corrected chi connectivity index (χ2v) is 8.25. The number of fused-ring (bicyclic) bond motifs is 1. The van der Waals surface area contributed by atoms with Crippen molar-refractivity contribution in [2.24, 2.45) is 0 Å². The minimum absolute atomic E-state index is 0.247. The molecule has 5 heteroatoms. The lowest BCUT2D eigenvalue weighted by molar-refractivity contribution is 0.173. The number of pyridine rings is 1. The quantitative estimate of drug-likeness (QED) is 0.429. The Morgan fingerprint density at radius 3 is 2.52 bits per heavy atom. The fourth-order valence-corrected chi connectivity index (χ4v) is 4.58. The topological polar surface area (TPSA) is 46.0 Å². The molecular formula is C24H19FN2OS. The Balaban J connectivity index is 1.53. The zero-order valence-corrected chi connectivity index (χ0v) is 16.7. The van der Waals surface area contributed by atoms with E-state index >= 15 is 0 Å². The number of rotatable bonds is 5. The van der Waals surface area contributed by atoms with Gasteiger partial charge in [-0.1, -0.05) is 66.8 Å². The maximum absolute atomic E-state index is 14.7. The number of benzene rings is 2. The van der Waals surface area contributed by atoms with E-state index in [1.807, 2.05) is 37.3 Å². The molecule has 1 N–H and O–H groups in total. The maximum atomic E-state index is 14.7. The van der Waals surface area contributed by atoms with Gasteiger partial charge in [-0.25, -0.2) is 14.4 Å². The molecular weight excluding hydrogens is 383 g/mol. The van der Waals surface area contributed by atoms with Gasteiger partial charge < -0.3 is 5.11 Å². The molecule has 2 heterocycles. The molecule has 0 fully saturated rings. The number of hydrogen-bond donors (Lipinski definition) is 1. The Bertz CT molecular complexity index is 1230. The minimum Gasteiger partial charge on any atom is -0.388 e. The van der Waals surface area contributed by atoms with Crippen molar-refractivity contribution in [3.05, 3.63) is 95.5 Å².